The molecule has 2 bridgehead atoms. The van der Waals surface area contributed by atoms with Crippen molar-refractivity contribution in [2.24, 2.45) is 23.7 Å². The second-order valence-electron chi connectivity index (χ2n) is 10.9. The summed E-state index contributed by atoms with van der Waals surface area (Å²) in [6.07, 6.45) is 14.1. The van der Waals surface area contributed by atoms with Crippen LogP contribution in [0.3, 0.4) is 0 Å². The van der Waals surface area contributed by atoms with Gasteiger partial charge in [-0.2, -0.15) is 9.78 Å². The highest BCUT2D eigenvalue weighted by molar-refractivity contribution is 7.89. The first-order valence-corrected chi connectivity index (χ1v) is 14.0. The highest BCUT2D eigenvalue weighted by Crippen LogP contribution is 2.53. The van der Waals surface area contributed by atoms with Crippen molar-refractivity contribution in [1.29, 1.82) is 0 Å². The van der Waals surface area contributed by atoms with Crippen molar-refractivity contribution < 1.29 is 22.9 Å². The normalized spacial score (nSPS) is 45.6. The fraction of sp³-hybridized carbons (Fsp3) is 1.00. The molecule has 0 radical (unpaired) electrons. The zero-order chi connectivity index (χ0) is 20.8. The predicted molar refractivity (Wildman–Crippen MR) is 114 cm³/mol. The van der Waals surface area contributed by atoms with Crippen LogP contribution in [-0.4, -0.2) is 43.1 Å². The lowest BCUT2D eigenvalue weighted by molar-refractivity contribution is -0.361. The van der Waals surface area contributed by atoms with Crippen LogP contribution < -0.4 is 0 Å². The van der Waals surface area contributed by atoms with Gasteiger partial charge in [0.15, 0.2) is 0 Å². The van der Waals surface area contributed by atoms with E-state index in [0.717, 1.165) is 56.8 Å². The van der Waals surface area contributed by atoms with Gasteiger partial charge in [0.05, 0.1) is 5.75 Å². The van der Waals surface area contributed by atoms with Crippen LogP contribution in [0.25, 0.3) is 0 Å². The van der Waals surface area contributed by atoms with Crippen molar-refractivity contribution in [1.82, 2.24) is 4.31 Å². The molecule has 1 spiro atoms. The molecule has 2 aliphatic heterocycles. The summed E-state index contributed by atoms with van der Waals surface area (Å²) >= 11 is 0. The van der Waals surface area contributed by atoms with Gasteiger partial charge < -0.3 is 4.74 Å². The Kier molecular flexibility index (Phi) is 5.98. The summed E-state index contributed by atoms with van der Waals surface area (Å²) in [5.74, 6) is 1.17. The maximum atomic E-state index is 12.8. The minimum Gasteiger partial charge on any atom is -0.312 e. The number of fused-ring (bicyclic) bond motifs is 2. The first kappa shape index (κ1) is 21.6. The van der Waals surface area contributed by atoms with Crippen molar-refractivity contribution in [3.63, 3.8) is 0 Å². The van der Waals surface area contributed by atoms with Gasteiger partial charge in [0, 0.05) is 31.8 Å². The summed E-state index contributed by atoms with van der Waals surface area (Å²) < 4.78 is 33.9. The lowest BCUT2D eigenvalue weighted by atomic mass is 9.66. The molecule has 2 unspecified atom stereocenters. The fourth-order valence-corrected chi connectivity index (χ4v) is 8.84. The molecule has 5 aliphatic rings. The van der Waals surface area contributed by atoms with Crippen LogP contribution in [0.5, 0.6) is 0 Å². The Morgan fingerprint density at radius 2 is 1.53 bits per heavy atom. The largest absolute Gasteiger partial charge is 0.312 e. The summed E-state index contributed by atoms with van der Waals surface area (Å²) in [5.41, 5.74) is 0. The third-order valence-corrected chi connectivity index (χ3v) is 10.7. The zero-order valence-electron chi connectivity index (χ0n) is 18.5. The standard InChI is InChI=1S/C23H39NO5S/c1-22(21-15-19-6-5-7-20(14-19)16-21)27-23(29-28-22)10-8-18(9-11-23)17-30(25,26)24-12-3-2-4-13-24/h18-21H,2-17H2,1H3/t18?,19?,20?,21?,22-,23?/m0/s1. The number of nitrogens with zero attached hydrogens (tertiary/aromatic N) is 1. The Labute approximate surface area is 182 Å². The molecule has 5 rings (SSSR count). The van der Waals surface area contributed by atoms with Gasteiger partial charge in [-0.1, -0.05) is 25.7 Å². The van der Waals surface area contributed by atoms with Crippen LogP contribution in [0.2, 0.25) is 0 Å². The second-order valence-corrected chi connectivity index (χ2v) is 13.0. The molecule has 5 fully saturated rings. The van der Waals surface area contributed by atoms with Gasteiger partial charge in [0.2, 0.25) is 21.6 Å². The van der Waals surface area contributed by atoms with Crippen LogP contribution in [0, 0.1) is 23.7 Å². The minimum absolute atomic E-state index is 0.190. The number of sulfonamides is 1. The van der Waals surface area contributed by atoms with E-state index in [1.165, 1.54) is 38.5 Å². The van der Waals surface area contributed by atoms with Crippen molar-refractivity contribution in [3.8, 4) is 0 Å². The van der Waals surface area contributed by atoms with E-state index in [1.54, 1.807) is 4.31 Å². The van der Waals surface area contributed by atoms with Crippen molar-refractivity contribution in [2.45, 2.75) is 102 Å². The Morgan fingerprint density at radius 1 is 0.867 bits per heavy atom. The zero-order valence-corrected chi connectivity index (χ0v) is 19.3. The molecule has 3 saturated carbocycles. The molecule has 7 heteroatoms. The van der Waals surface area contributed by atoms with E-state index in [4.69, 9.17) is 14.5 Å². The van der Waals surface area contributed by atoms with Gasteiger partial charge in [-0.15, -0.1) is 0 Å². The van der Waals surface area contributed by atoms with Gasteiger partial charge in [0.1, 0.15) is 0 Å². The Morgan fingerprint density at radius 3 is 2.20 bits per heavy atom. The maximum Gasteiger partial charge on any atom is 0.214 e. The average molecular weight is 442 g/mol. The molecule has 0 aromatic rings. The minimum atomic E-state index is -3.15. The van der Waals surface area contributed by atoms with Crippen molar-refractivity contribution >= 4 is 10.0 Å². The second kappa shape index (κ2) is 8.29. The summed E-state index contributed by atoms with van der Waals surface area (Å²) in [5, 5.41) is 0. The van der Waals surface area contributed by atoms with Crippen molar-refractivity contribution in [3.05, 3.63) is 0 Å². The van der Waals surface area contributed by atoms with E-state index >= 15 is 0 Å². The summed E-state index contributed by atoms with van der Waals surface area (Å²) in [4.78, 5) is 11.8. The summed E-state index contributed by atoms with van der Waals surface area (Å²) in [6, 6.07) is 0. The number of hydrogen-bond donors (Lipinski definition) is 0. The number of piperidine rings is 1. The van der Waals surface area contributed by atoms with E-state index in [0.29, 0.717) is 19.0 Å². The SMILES string of the molecule is C[C@@]1(C2CC3CCCC(C3)C2)OOC2(CCC(CS(=O)(=O)N3CCCCC3)CC2)O1. The molecule has 0 N–H and O–H groups in total. The average Bonchev–Trinajstić information content (AvgIpc) is 3.08. The highest BCUT2D eigenvalue weighted by Gasteiger charge is 2.56. The quantitative estimate of drug-likeness (QED) is 0.597. The Bertz CT molecular complexity index is 701. The molecule has 0 amide bonds. The molecule has 0 aromatic heterocycles. The summed E-state index contributed by atoms with van der Waals surface area (Å²) in [6.45, 7) is 3.46. The third-order valence-electron chi connectivity index (χ3n) is 8.64. The number of ether oxygens (including phenoxy) is 1. The van der Waals surface area contributed by atoms with Gasteiger partial charge in [-0.25, -0.2) is 12.7 Å². The first-order chi connectivity index (χ1) is 14.4. The topological polar surface area (TPSA) is 65.1 Å². The molecule has 3 atom stereocenters. The Balaban J connectivity index is 1.16. The highest BCUT2D eigenvalue weighted by atomic mass is 32.2. The van der Waals surface area contributed by atoms with Crippen LogP contribution in [-0.2, 0) is 24.5 Å². The molecule has 0 aromatic carbocycles. The fourth-order valence-electron chi connectivity index (χ4n) is 6.89. The van der Waals surface area contributed by atoms with Gasteiger partial charge in [-0.3, -0.25) is 0 Å². The molecule has 2 heterocycles. The van der Waals surface area contributed by atoms with Crippen LogP contribution in [0.1, 0.15) is 90.4 Å². The monoisotopic (exact) mass is 441 g/mol. The molecule has 3 aliphatic carbocycles. The lowest BCUT2D eigenvalue weighted by Crippen LogP contribution is -2.45. The van der Waals surface area contributed by atoms with Crippen LogP contribution in [0.15, 0.2) is 0 Å². The summed E-state index contributed by atoms with van der Waals surface area (Å²) in [7, 11) is -3.15. The first-order valence-electron chi connectivity index (χ1n) is 12.4. The third kappa shape index (κ3) is 4.34. The van der Waals surface area contributed by atoms with E-state index in [-0.39, 0.29) is 11.7 Å². The van der Waals surface area contributed by atoms with Crippen LogP contribution >= 0.6 is 0 Å². The molecule has 2 saturated heterocycles. The molecule has 30 heavy (non-hydrogen) atoms. The molecular formula is C23H39NO5S. The van der Waals surface area contributed by atoms with Crippen LogP contribution in [0.4, 0.5) is 0 Å². The number of rotatable bonds is 4. The molecule has 172 valence electrons. The molecule has 6 nitrogen and oxygen atoms in total. The van der Waals surface area contributed by atoms with Gasteiger partial charge in [-0.05, 0) is 69.6 Å². The van der Waals surface area contributed by atoms with Gasteiger partial charge in [0.25, 0.3) is 0 Å². The van der Waals surface area contributed by atoms with Gasteiger partial charge >= 0.3 is 0 Å². The molecular weight excluding hydrogens is 402 g/mol. The van der Waals surface area contributed by atoms with E-state index in [2.05, 4.69) is 6.92 Å². The maximum absolute atomic E-state index is 12.8. The lowest BCUT2D eigenvalue weighted by Gasteiger charge is -2.44. The van der Waals surface area contributed by atoms with E-state index in [9.17, 15) is 8.42 Å². The van der Waals surface area contributed by atoms with Crippen molar-refractivity contribution in [2.75, 3.05) is 18.8 Å². The predicted octanol–water partition coefficient (Wildman–Crippen LogP) is 4.60. The Hall–Kier alpha value is -0.210. The smallest absolute Gasteiger partial charge is 0.214 e. The van der Waals surface area contributed by atoms with E-state index < -0.39 is 21.6 Å². The number of hydrogen-bond acceptors (Lipinski definition) is 5. The van der Waals surface area contributed by atoms with E-state index in [1.807, 2.05) is 0 Å².